The molecule has 142 valence electrons. The van der Waals surface area contributed by atoms with Gasteiger partial charge in [0.05, 0.1) is 16.8 Å². The summed E-state index contributed by atoms with van der Waals surface area (Å²) in [7, 11) is 3.58. The van der Waals surface area contributed by atoms with E-state index in [0.717, 1.165) is 5.52 Å². The first-order chi connectivity index (χ1) is 13.4. The SMILES string of the molecule is CN(C)c1[nH]c(=O)c(-c2cc(Cl)ccc2F)cc1Nc1ncnc2cc[nH]c12. The highest BCUT2D eigenvalue weighted by Gasteiger charge is 2.16. The summed E-state index contributed by atoms with van der Waals surface area (Å²) in [6.45, 7) is 0. The van der Waals surface area contributed by atoms with Gasteiger partial charge in [0, 0.05) is 30.9 Å². The Hall–Kier alpha value is -3.39. The number of pyridine rings is 1. The predicted octanol–water partition coefficient (Wildman–Crippen LogP) is 3.92. The van der Waals surface area contributed by atoms with E-state index < -0.39 is 11.4 Å². The maximum absolute atomic E-state index is 14.4. The van der Waals surface area contributed by atoms with E-state index in [1.165, 1.54) is 24.5 Å². The minimum atomic E-state index is -0.535. The molecule has 0 saturated carbocycles. The molecule has 1 aromatic carbocycles. The van der Waals surface area contributed by atoms with Gasteiger partial charge in [-0.2, -0.15) is 0 Å². The summed E-state index contributed by atoms with van der Waals surface area (Å²) in [6.07, 6.45) is 3.20. The molecule has 0 fully saturated rings. The second kappa shape index (κ2) is 6.97. The number of hydrogen-bond donors (Lipinski definition) is 3. The maximum atomic E-state index is 14.4. The predicted molar refractivity (Wildman–Crippen MR) is 109 cm³/mol. The molecule has 3 heterocycles. The third-order valence-corrected chi connectivity index (χ3v) is 4.52. The van der Waals surface area contributed by atoms with Crippen LogP contribution in [-0.2, 0) is 0 Å². The molecular formula is C19H16ClFN6O. The number of aromatic nitrogens is 4. The average molecular weight is 399 g/mol. The van der Waals surface area contributed by atoms with Gasteiger partial charge < -0.3 is 20.2 Å². The topological polar surface area (TPSA) is 89.7 Å². The summed E-state index contributed by atoms with van der Waals surface area (Å²) < 4.78 is 14.4. The molecule has 0 saturated heterocycles. The summed E-state index contributed by atoms with van der Waals surface area (Å²) in [5, 5.41) is 3.54. The van der Waals surface area contributed by atoms with Crippen LogP contribution in [0.25, 0.3) is 22.2 Å². The van der Waals surface area contributed by atoms with Crippen molar-refractivity contribution in [1.82, 2.24) is 19.9 Å². The van der Waals surface area contributed by atoms with Crippen molar-refractivity contribution in [3.63, 3.8) is 0 Å². The van der Waals surface area contributed by atoms with E-state index in [4.69, 9.17) is 11.6 Å². The third-order valence-electron chi connectivity index (χ3n) is 4.28. The fourth-order valence-corrected chi connectivity index (χ4v) is 3.14. The van der Waals surface area contributed by atoms with E-state index in [1.54, 1.807) is 31.3 Å². The molecule has 0 amide bonds. The highest BCUT2D eigenvalue weighted by Crippen LogP contribution is 2.31. The van der Waals surface area contributed by atoms with Crippen molar-refractivity contribution >= 4 is 40.0 Å². The van der Waals surface area contributed by atoms with Crippen LogP contribution in [0.15, 0.2) is 47.7 Å². The summed E-state index contributed by atoms with van der Waals surface area (Å²) >= 11 is 6.00. The molecule has 9 heteroatoms. The second-order valence-corrected chi connectivity index (χ2v) is 6.81. The van der Waals surface area contributed by atoms with Crippen molar-refractivity contribution in [2.24, 2.45) is 0 Å². The quantitative estimate of drug-likeness (QED) is 0.485. The Labute approximate surface area is 164 Å². The Kier molecular flexibility index (Phi) is 4.48. The number of nitrogens with one attached hydrogen (secondary N) is 3. The summed E-state index contributed by atoms with van der Waals surface area (Å²) in [6, 6.07) is 7.50. The number of fused-ring (bicyclic) bond motifs is 1. The van der Waals surface area contributed by atoms with Gasteiger partial charge in [-0.15, -0.1) is 0 Å². The third kappa shape index (κ3) is 3.18. The lowest BCUT2D eigenvalue weighted by Crippen LogP contribution is -2.20. The molecule has 28 heavy (non-hydrogen) atoms. The van der Waals surface area contributed by atoms with Crippen molar-refractivity contribution < 1.29 is 4.39 Å². The number of H-pyrrole nitrogens is 2. The van der Waals surface area contributed by atoms with E-state index in [9.17, 15) is 9.18 Å². The molecule has 3 aromatic heterocycles. The van der Waals surface area contributed by atoms with Crippen LogP contribution in [0, 0.1) is 5.82 Å². The molecule has 0 radical (unpaired) electrons. The van der Waals surface area contributed by atoms with Crippen LogP contribution in [-0.4, -0.2) is 34.0 Å². The van der Waals surface area contributed by atoms with Crippen LogP contribution >= 0.6 is 11.6 Å². The first-order valence-electron chi connectivity index (χ1n) is 8.39. The van der Waals surface area contributed by atoms with E-state index in [0.29, 0.717) is 27.9 Å². The average Bonchev–Trinajstić information content (AvgIpc) is 3.14. The first kappa shape index (κ1) is 18.0. The van der Waals surface area contributed by atoms with Crippen LogP contribution in [0.2, 0.25) is 5.02 Å². The minimum Gasteiger partial charge on any atom is -0.362 e. The van der Waals surface area contributed by atoms with Gasteiger partial charge in [-0.05, 0) is 30.3 Å². The molecule has 0 aliphatic rings. The smallest absolute Gasteiger partial charge is 0.257 e. The minimum absolute atomic E-state index is 0.120. The monoisotopic (exact) mass is 398 g/mol. The number of halogens is 2. The number of benzene rings is 1. The Morgan fingerprint density at radius 1 is 1.14 bits per heavy atom. The molecule has 0 unspecified atom stereocenters. The number of rotatable bonds is 4. The lowest BCUT2D eigenvalue weighted by atomic mass is 10.1. The van der Waals surface area contributed by atoms with Crippen molar-refractivity contribution in [1.29, 1.82) is 0 Å². The van der Waals surface area contributed by atoms with Crippen LogP contribution in [0.5, 0.6) is 0 Å². The fraction of sp³-hybridized carbons (Fsp3) is 0.105. The van der Waals surface area contributed by atoms with Crippen molar-refractivity contribution in [3.05, 3.63) is 64.0 Å². The summed E-state index contributed by atoms with van der Waals surface area (Å²) in [4.78, 5) is 28.7. The highest BCUT2D eigenvalue weighted by molar-refractivity contribution is 6.30. The second-order valence-electron chi connectivity index (χ2n) is 6.38. The lowest BCUT2D eigenvalue weighted by Gasteiger charge is -2.19. The number of anilines is 3. The Balaban J connectivity index is 1.89. The van der Waals surface area contributed by atoms with E-state index >= 15 is 0 Å². The van der Waals surface area contributed by atoms with Crippen molar-refractivity contribution in [2.75, 3.05) is 24.3 Å². The van der Waals surface area contributed by atoms with Gasteiger partial charge in [0.25, 0.3) is 5.56 Å². The fourth-order valence-electron chi connectivity index (χ4n) is 2.97. The van der Waals surface area contributed by atoms with Crippen LogP contribution in [0.1, 0.15) is 0 Å². The number of hydrogen-bond acceptors (Lipinski definition) is 5. The molecule has 3 N–H and O–H groups in total. The van der Waals surface area contributed by atoms with Gasteiger partial charge in [-0.1, -0.05) is 11.6 Å². The van der Waals surface area contributed by atoms with E-state index in [-0.39, 0.29) is 11.1 Å². The molecule has 0 aliphatic carbocycles. The van der Waals surface area contributed by atoms with Gasteiger partial charge in [0.2, 0.25) is 0 Å². The molecule has 4 rings (SSSR count). The zero-order chi connectivity index (χ0) is 19.8. The molecule has 0 aliphatic heterocycles. The molecule has 0 spiro atoms. The van der Waals surface area contributed by atoms with Crippen molar-refractivity contribution in [2.45, 2.75) is 0 Å². The largest absolute Gasteiger partial charge is 0.362 e. The molecule has 4 aromatic rings. The standard InChI is InChI=1S/C19H16ClFN6O/c1-27(2)18-15(25-17-16-14(5-6-22-16)23-9-24-17)8-12(19(28)26-18)11-7-10(20)3-4-13(11)21/h3-9,22H,1-2H3,(H,26,28)(H,23,24,25). The Morgan fingerprint density at radius 3 is 2.75 bits per heavy atom. The summed E-state index contributed by atoms with van der Waals surface area (Å²) in [5.74, 6) is 0.518. The molecule has 0 bridgehead atoms. The molecular weight excluding hydrogens is 383 g/mol. The molecule has 7 nitrogen and oxygen atoms in total. The van der Waals surface area contributed by atoms with Gasteiger partial charge in [0.1, 0.15) is 23.5 Å². The lowest BCUT2D eigenvalue weighted by molar-refractivity contribution is 0.631. The van der Waals surface area contributed by atoms with Gasteiger partial charge >= 0.3 is 0 Å². The van der Waals surface area contributed by atoms with Crippen LogP contribution in [0.3, 0.4) is 0 Å². The summed E-state index contributed by atoms with van der Waals surface area (Å²) in [5.41, 5.74) is 1.86. The zero-order valence-electron chi connectivity index (χ0n) is 15.0. The van der Waals surface area contributed by atoms with Gasteiger partial charge in [0.15, 0.2) is 5.82 Å². The van der Waals surface area contributed by atoms with Crippen molar-refractivity contribution in [3.8, 4) is 11.1 Å². The number of nitrogens with zero attached hydrogens (tertiary/aromatic N) is 3. The first-order valence-corrected chi connectivity index (χ1v) is 8.77. The maximum Gasteiger partial charge on any atom is 0.257 e. The Bertz CT molecular complexity index is 1230. The van der Waals surface area contributed by atoms with Gasteiger partial charge in [-0.3, -0.25) is 4.79 Å². The number of aromatic amines is 2. The van der Waals surface area contributed by atoms with Crippen LogP contribution < -0.4 is 15.8 Å². The van der Waals surface area contributed by atoms with E-state index in [1.807, 2.05) is 6.07 Å². The van der Waals surface area contributed by atoms with Crippen LogP contribution in [0.4, 0.5) is 21.7 Å². The highest BCUT2D eigenvalue weighted by atomic mass is 35.5. The molecule has 0 atom stereocenters. The van der Waals surface area contributed by atoms with E-state index in [2.05, 4.69) is 25.3 Å². The van der Waals surface area contributed by atoms with Gasteiger partial charge in [-0.25, -0.2) is 14.4 Å². The zero-order valence-corrected chi connectivity index (χ0v) is 15.8. The Morgan fingerprint density at radius 2 is 1.96 bits per heavy atom. The normalized spacial score (nSPS) is 11.0.